The molecule has 1 aliphatic heterocycles. The van der Waals surface area contributed by atoms with Crippen molar-refractivity contribution in [3.05, 3.63) is 48.0 Å². The van der Waals surface area contributed by atoms with Crippen LogP contribution in [-0.4, -0.2) is 38.6 Å². The summed E-state index contributed by atoms with van der Waals surface area (Å²) in [4.78, 5) is 19.6. The van der Waals surface area contributed by atoms with Gasteiger partial charge in [-0.1, -0.05) is 11.2 Å². The number of nitrogens with zero attached hydrogens (tertiary/aromatic N) is 4. The van der Waals surface area contributed by atoms with Crippen LogP contribution >= 0.6 is 11.3 Å². The second-order valence-electron chi connectivity index (χ2n) is 5.61. The summed E-state index contributed by atoms with van der Waals surface area (Å²) in [5, 5.41) is 5.93. The minimum atomic E-state index is -0.0682. The fourth-order valence-electron chi connectivity index (χ4n) is 2.94. The van der Waals surface area contributed by atoms with Crippen molar-refractivity contribution in [1.29, 1.82) is 0 Å². The summed E-state index contributed by atoms with van der Waals surface area (Å²) in [6.45, 7) is 1.43. The zero-order chi connectivity index (χ0) is 15.6. The number of carbonyl (C=O) groups excluding carboxylic acids is 1. The van der Waals surface area contributed by atoms with E-state index in [4.69, 9.17) is 4.52 Å². The first-order chi connectivity index (χ1) is 11.3. The van der Waals surface area contributed by atoms with E-state index in [1.54, 1.807) is 23.6 Å². The number of imidazole rings is 1. The highest BCUT2D eigenvalue weighted by Crippen LogP contribution is 2.27. The maximum atomic E-state index is 12.7. The Labute approximate surface area is 137 Å². The van der Waals surface area contributed by atoms with E-state index in [0.29, 0.717) is 18.0 Å². The molecule has 1 amide bonds. The molecule has 0 aliphatic carbocycles. The summed E-state index contributed by atoms with van der Waals surface area (Å²) in [7, 11) is 0. The SMILES string of the molecule is O=C(c1cc(-c2cccs2)on1)N1CCCC(n2ccnc2)C1. The van der Waals surface area contributed by atoms with Gasteiger partial charge in [0.25, 0.3) is 5.91 Å². The lowest BCUT2D eigenvalue weighted by Crippen LogP contribution is -2.40. The van der Waals surface area contributed by atoms with Crippen molar-refractivity contribution in [1.82, 2.24) is 19.6 Å². The van der Waals surface area contributed by atoms with Crippen molar-refractivity contribution >= 4 is 17.2 Å². The Bertz CT molecular complexity index is 779. The predicted octanol–water partition coefficient (Wildman–Crippen LogP) is 3.08. The smallest absolute Gasteiger partial charge is 0.276 e. The van der Waals surface area contributed by atoms with Crippen molar-refractivity contribution in [2.45, 2.75) is 18.9 Å². The van der Waals surface area contributed by atoms with Crippen LogP contribution in [0.4, 0.5) is 0 Å². The van der Waals surface area contributed by atoms with Crippen LogP contribution in [0.15, 0.2) is 46.8 Å². The van der Waals surface area contributed by atoms with Crippen LogP contribution in [0.25, 0.3) is 10.6 Å². The minimum absolute atomic E-state index is 0.0682. The number of hydrogen-bond donors (Lipinski definition) is 0. The van der Waals surface area contributed by atoms with Gasteiger partial charge in [-0.05, 0) is 24.3 Å². The topological polar surface area (TPSA) is 64.2 Å². The van der Waals surface area contributed by atoms with Gasteiger partial charge in [-0.3, -0.25) is 4.79 Å². The average molecular weight is 328 g/mol. The van der Waals surface area contributed by atoms with Gasteiger partial charge >= 0.3 is 0 Å². The van der Waals surface area contributed by atoms with E-state index < -0.39 is 0 Å². The van der Waals surface area contributed by atoms with Gasteiger partial charge in [-0.25, -0.2) is 4.98 Å². The van der Waals surface area contributed by atoms with E-state index in [1.807, 2.05) is 34.9 Å². The first-order valence-corrected chi connectivity index (χ1v) is 8.46. The standard InChI is InChI=1S/C16H16N4O2S/c21-16(13-9-14(22-18-13)15-4-2-8-23-15)19-6-1-3-12(10-19)20-7-5-17-11-20/h2,4-5,7-9,11-12H,1,3,6,10H2. The fourth-order valence-corrected chi connectivity index (χ4v) is 3.61. The molecule has 1 atom stereocenters. The summed E-state index contributed by atoms with van der Waals surface area (Å²) in [6, 6.07) is 5.91. The van der Waals surface area contributed by atoms with E-state index in [1.165, 1.54) is 0 Å². The molecular weight excluding hydrogens is 312 g/mol. The third kappa shape index (κ3) is 2.79. The molecule has 4 rings (SSSR count). The number of piperidine rings is 1. The molecule has 7 heteroatoms. The molecule has 118 valence electrons. The maximum Gasteiger partial charge on any atom is 0.276 e. The van der Waals surface area contributed by atoms with Crippen molar-refractivity contribution in [3.8, 4) is 10.6 Å². The summed E-state index contributed by atoms with van der Waals surface area (Å²) in [5.74, 6) is 0.577. The Morgan fingerprint density at radius 3 is 3.17 bits per heavy atom. The first-order valence-electron chi connectivity index (χ1n) is 7.58. The number of amides is 1. The van der Waals surface area contributed by atoms with Gasteiger partial charge in [0.15, 0.2) is 11.5 Å². The van der Waals surface area contributed by atoms with E-state index in [0.717, 1.165) is 24.3 Å². The number of carbonyl (C=O) groups is 1. The molecule has 6 nitrogen and oxygen atoms in total. The van der Waals surface area contributed by atoms with Gasteiger partial charge in [0, 0.05) is 31.5 Å². The maximum absolute atomic E-state index is 12.7. The highest BCUT2D eigenvalue weighted by Gasteiger charge is 2.27. The van der Waals surface area contributed by atoms with Crippen LogP contribution in [0.3, 0.4) is 0 Å². The van der Waals surface area contributed by atoms with Crippen LogP contribution in [0.1, 0.15) is 29.4 Å². The lowest BCUT2D eigenvalue weighted by molar-refractivity contribution is 0.0669. The van der Waals surface area contributed by atoms with Crippen LogP contribution < -0.4 is 0 Å². The van der Waals surface area contributed by atoms with Gasteiger partial charge in [-0.15, -0.1) is 11.3 Å². The fraction of sp³-hybridized carbons (Fsp3) is 0.312. The normalized spacial score (nSPS) is 18.3. The van der Waals surface area contributed by atoms with Gasteiger partial charge in [-0.2, -0.15) is 0 Å². The lowest BCUT2D eigenvalue weighted by Gasteiger charge is -2.32. The van der Waals surface area contributed by atoms with Gasteiger partial charge in [0.05, 0.1) is 17.2 Å². The van der Waals surface area contributed by atoms with Crippen LogP contribution in [0.2, 0.25) is 0 Å². The third-order valence-corrected chi connectivity index (χ3v) is 5.01. The Morgan fingerprint density at radius 1 is 1.43 bits per heavy atom. The van der Waals surface area contributed by atoms with E-state index in [9.17, 15) is 4.79 Å². The molecule has 0 saturated carbocycles. The molecule has 4 heterocycles. The number of aromatic nitrogens is 3. The highest BCUT2D eigenvalue weighted by molar-refractivity contribution is 7.13. The zero-order valence-corrected chi connectivity index (χ0v) is 13.3. The van der Waals surface area contributed by atoms with Crippen molar-refractivity contribution in [2.75, 3.05) is 13.1 Å². The number of likely N-dealkylation sites (tertiary alicyclic amines) is 1. The van der Waals surface area contributed by atoms with Crippen LogP contribution in [0.5, 0.6) is 0 Å². The third-order valence-electron chi connectivity index (χ3n) is 4.12. The van der Waals surface area contributed by atoms with Crippen LogP contribution in [-0.2, 0) is 0 Å². The molecule has 0 N–H and O–H groups in total. The number of rotatable bonds is 3. The molecule has 0 spiro atoms. The second-order valence-corrected chi connectivity index (χ2v) is 6.56. The molecule has 1 saturated heterocycles. The van der Waals surface area contributed by atoms with Crippen LogP contribution in [0, 0.1) is 0 Å². The largest absolute Gasteiger partial charge is 0.355 e. The molecule has 0 bridgehead atoms. The summed E-state index contributed by atoms with van der Waals surface area (Å²) in [6.07, 6.45) is 7.56. The van der Waals surface area contributed by atoms with Crippen molar-refractivity contribution in [2.24, 2.45) is 0 Å². The molecule has 1 aliphatic rings. The van der Waals surface area contributed by atoms with Gasteiger partial charge < -0.3 is 14.0 Å². The molecule has 3 aromatic rings. The van der Waals surface area contributed by atoms with E-state index in [-0.39, 0.29) is 11.9 Å². The molecule has 3 aromatic heterocycles. The highest BCUT2D eigenvalue weighted by atomic mass is 32.1. The molecule has 1 unspecified atom stereocenters. The zero-order valence-electron chi connectivity index (χ0n) is 12.5. The second kappa shape index (κ2) is 6.00. The minimum Gasteiger partial charge on any atom is -0.355 e. The monoisotopic (exact) mass is 328 g/mol. The predicted molar refractivity (Wildman–Crippen MR) is 86.2 cm³/mol. The molecule has 23 heavy (non-hydrogen) atoms. The summed E-state index contributed by atoms with van der Waals surface area (Å²) >= 11 is 1.57. The van der Waals surface area contributed by atoms with Gasteiger partial charge in [0.2, 0.25) is 0 Å². The Kier molecular flexibility index (Phi) is 3.70. The average Bonchev–Trinajstić information content (AvgIpc) is 3.36. The van der Waals surface area contributed by atoms with Gasteiger partial charge in [0.1, 0.15) is 0 Å². The van der Waals surface area contributed by atoms with E-state index >= 15 is 0 Å². The van der Waals surface area contributed by atoms with E-state index in [2.05, 4.69) is 14.7 Å². The first kappa shape index (κ1) is 14.2. The number of hydrogen-bond acceptors (Lipinski definition) is 5. The summed E-state index contributed by atoms with van der Waals surface area (Å²) in [5.41, 5.74) is 0.375. The quantitative estimate of drug-likeness (QED) is 0.741. The Morgan fingerprint density at radius 2 is 2.39 bits per heavy atom. The Hall–Kier alpha value is -2.41. The summed E-state index contributed by atoms with van der Waals surface area (Å²) < 4.78 is 7.39. The molecular formula is C16H16N4O2S. The molecule has 1 fully saturated rings. The number of thiophene rings is 1. The molecule has 0 radical (unpaired) electrons. The lowest BCUT2D eigenvalue weighted by atomic mass is 10.1. The molecule has 0 aromatic carbocycles. The van der Waals surface area contributed by atoms with Crippen molar-refractivity contribution < 1.29 is 9.32 Å². The Balaban J connectivity index is 1.50. The van der Waals surface area contributed by atoms with Crippen molar-refractivity contribution in [3.63, 3.8) is 0 Å².